The molecule has 7 heteroatoms. The molecule has 1 aromatic carbocycles. The molecule has 1 saturated carbocycles. The van der Waals surface area contributed by atoms with Crippen LogP contribution in [0.5, 0.6) is 0 Å². The van der Waals surface area contributed by atoms with Crippen molar-refractivity contribution in [3.05, 3.63) is 34.6 Å². The van der Waals surface area contributed by atoms with Crippen LogP contribution >= 0.6 is 11.6 Å². The van der Waals surface area contributed by atoms with Crippen molar-refractivity contribution in [2.75, 3.05) is 7.05 Å². The minimum atomic E-state index is -0.505. The van der Waals surface area contributed by atoms with E-state index in [-0.39, 0.29) is 35.5 Å². The summed E-state index contributed by atoms with van der Waals surface area (Å²) in [4.78, 5) is 25.0. The van der Waals surface area contributed by atoms with Crippen molar-refractivity contribution < 1.29 is 14.0 Å². The van der Waals surface area contributed by atoms with Crippen LogP contribution in [0.25, 0.3) is 0 Å². The molecule has 0 spiro atoms. The molecule has 23 heavy (non-hydrogen) atoms. The van der Waals surface area contributed by atoms with Crippen LogP contribution < -0.4 is 11.1 Å². The Hall–Kier alpha value is -1.82. The van der Waals surface area contributed by atoms with E-state index in [1.807, 2.05) is 0 Å². The molecule has 1 aliphatic rings. The van der Waals surface area contributed by atoms with Crippen LogP contribution in [0.4, 0.5) is 9.18 Å². The molecule has 126 valence electrons. The average Bonchev–Trinajstić information content (AvgIpc) is 2.51. The fourth-order valence-corrected chi connectivity index (χ4v) is 2.97. The number of hydrogen-bond acceptors (Lipinski definition) is 2. The minimum absolute atomic E-state index is 0.0561. The van der Waals surface area contributed by atoms with Crippen LogP contribution in [0.3, 0.4) is 0 Å². The molecule has 1 aliphatic carbocycles. The lowest BCUT2D eigenvalue weighted by Crippen LogP contribution is -2.46. The zero-order valence-electron chi connectivity index (χ0n) is 13.0. The zero-order valence-corrected chi connectivity index (χ0v) is 13.8. The van der Waals surface area contributed by atoms with E-state index in [2.05, 4.69) is 5.32 Å². The fourth-order valence-electron chi connectivity index (χ4n) is 2.85. The second-order valence-electron chi connectivity index (χ2n) is 6.02. The maximum absolute atomic E-state index is 13.4. The SMILES string of the molecule is CN(Cc1ccc(Cl)c(F)c1)C(=O)N[C@@H]1CCC[C@H](C(N)=O)C1. The Bertz CT molecular complexity index is 597. The summed E-state index contributed by atoms with van der Waals surface area (Å²) >= 11 is 5.64. The van der Waals surface area contributed by atoms with Gasteiger partial charge in [-0.15, -0.1) is 0 Å². The van der Waals surface area contributed by atoms with E-state index >= 15 is 0 Å². The Morgan fingerprint density at radius 3 is 2.83 bits per heavy atom. The van der Waals surface area contributed by atoms with Gasteiger partial charge in [0, 0.05) is 25.6 Å². The van der Waals surface area contributed by atoms with Gasteiger partial charge in [0.2, 0.25) is 5.91 Å². The zero-order chi connectivity index (χ0) is 17.0. The molecule has 3 amide bonds. The van der Waals surface area contributed by atoms with Crippen LogP contribution in [0.1, 0.15) is 31.2 Å². The number of rotatable bonds is 4. The van der Waals surface area contributed by atoms with Crippen LogP contribution in [0.2, 0.25) is 5.02 Å². The van der Waals surface area contributed by atoms with Crippen LogP contribution in [0.15, 0.2) is 18.2 Å². The van der Waals surface area contributed by atoms with Gasteiger partial charge in [-0.1, -0.05) is 24.1 Å². The van der Waals surface area contributed by atoms with Gasteiger partial charge in [0.25, 0.3) is 0 Å². The first kappa shape index (κ1) is 17.5. The highest BCUT2D eigenvalue weighted by Gasteiger charge is 2.27. The second-order valence-corrected chi connectivity index (χ2v) is 6.42. The highest BCUT2D eigenvalue weighted by molar-refractivity contribution is 6.30. The predicted molar refractivity (Wildman–Crippen MR) is 86.3 cm³/mol. The van der Waals surface area contributed by atoms with Gasteiger partial charge in [-0.25, -0.2) is 9.18 Å². The number of halogens is 2. The molecule has 0 radical (unpaired) electrons. The highest BCUT2D eigenvalue weighted by atomic mass is 35.5. The van der Waals surface area contributed by atoms with Crippen molar-refractivity contribution in [1.82, 2.24) is 10.2 Å². The third kappa shape index (κ3) is 4.82. The molecule has 0 saturated heterocycles. The number of nitrogens with one attached hydrogen (secondary N) is 1. The molecular formula is C16H21ClFN3O2. The van der Waals surface area contributed by atoms with E-state index in [1.54, 1.807) is 13.1 Å². The maximum Gasteiger partial charge on any atom is 0.317 e. The summed E-state index contributed by atoms with van der Waals surface area (Å²) in [6.07, 6.45) is 3.05. The number of hydrogen-bond donors (Lipinski definition) is 2. The topological polar surface area (TPSA) is 75.4 Å². The first-order valence-electron chi connectivity index (χ1n) is 7.61. The number of benzene rings is 1. The van der Waals surface area contributed by atoms with Crippen molar-refractivity contribution in [3.8, 4) is 0 Å². The molecular weight excluding hydrogens is 321 g/mol. The summed E-state index contributed by atoms with van der Waals surface area (Å²) in [6.45, 7) is 0.270. The summed E-state index contributed by atoms with van der Waals surface area (Å²) in [6, 6.07) is 4.15. The van der Waals surface area contributed by atoms with Crippen LogP contribution in [-0.4, -0.2) is 29.9 Å². The first-order valence-corrected chi connectivity index (χ1v) is 7.99. The molecule has 0 aromatic heterocycles. The molecule has 0 heterocycles. The van der Waals surface area contributed by atoms with Crippen molar-refractivity contribution in [1.29, 1.82) is 0 Å². The standard InChI is InChI=1S/C16H21ClFN3O2/c1-21(9-10-5-6-13(17)14(18)7-10)16(23)20-12-4-2-3-11(8-12)15(19)22/h5-7,11-12H,2-4,8-9H2,1H3,(H2,19,22)(H,20,23)/t11-,12+/m0/s1. The molecule has 0 aliphatic heterocycles. The molecule has 1 fully saturated rings. The Balaban J connectivity index is 1.89. The molecule has 0 unspecified atom stereocenters. The van der Waals surface area contributed by atoms with Crippen molar-refractivity contribution >= 4 is 23.5 Å². The van der Waals surface area contributed by atoms with Crippen LogP contribution in [0, 0.1) is 11.7 Å². The smallest absolute Gasteiger partial charge is 0.317 e. The lowest BCUT2D eigenvalue weighted by molar-refractivity contribution is -0.122. The Morgan fingerprint density at radius 1 is 1.43 bits per heavy atom. The fraction of sp³-hybridized carbons (Fsp3) is 0.500. The van der Waals surface area contributed by atoms with Gasteiger partial charge in [0.15, 0.2) is 0 Å². The number of nitrogens with zero attached hydrogens (tertiary/aromatic N) is 1. The molecule has 1 aromatic rings. The predicted octanol–water partition coefficient (Wildman–Crippen LogP) is 2.66. The van der Waals surface area contributed by atoms with Crippen molar-refractivity contribution in [3.63, 3.8) is 0 Å². The Labute approximate surface area is 140 Å². The number of carbonyl (C=O) groups excluding carboxylic acids is 2. The van der Waals surface area contributed by atoms with E-state index in [0.717, 1.165) is 19.3 Å². The summed E-state index contributed by atoms with van der Waals surface area (Å²) in [5.41, 5.74) is 6.00. The quantitative estimate of drug-likeness (QED) is 0.883. The second kappa shape index (κ2) is 7.64. The number of carbonyl (C=O) groups is 2. The van der Waals surface area contributed by atoms with E-state index < -0.39 is 5.82 Å². The van der Waals surface area contributed by atoms with Crippen molar-refractivity contribution in [2.24, 2.45) is 11.7 Å². The van der Waals surface area contributed by atoms with Gasteiger partial charge in [-0.2, -0.15) is 0 Å². The van der Waals surface area contributed by atoms with Gasteiger partial charge in [0.05, 0.1) is 5.02 Å². The van der Waals surface area contributed by atoms with Crippen LogP contribution in [-0.2, 0) is 11.3 Å². The molecule has 3 N–H and O–H groups in total. The maximum atomic E-state index is 13.4. The number of amides is 3. The summed E-state index contributed by atoms with van der Waals surface area (Å²) < 4.78 is 13.4. The molecule has 2 rings (SSSR count). The van der Waals surface area contributed by atoms with Gasteiger partial charge in [0.1, 0.15) is 5.82 Å². The summed E-state index contributed by atoms with van der Waals surface area (Å²) in [5.74, 6) is -0.992. The lowest BCUT2D eigenvalue weighted by atomic mass is 9.85. The van der Waals surface area contributed by atoms with E-state index in [4.69, 9.17) is 17.3 Å². The Morgan fingerprint density at radius 2 is 2.17 bits per heavy atom. The first-order chi connectivity index (χ1) is 10.9. The van der Waals surface area contributed by atoms with E-state index in [9.17, 15) is 14.0 Å². The third-order valence-corrected chi connectivity index (χ3v) is 4.46. The molecule has 5 nitrogen and oxygen atoms in total. The third-order valence-electron chi connectivity index (χ3n) is 4.15. The Kier molecular flexibility index (Phi) is 5.82. The molecule has 2 atom stereocenters. The molecule has 0 bridgehead atoms. The van der Waals surface area contributed by atoms with Gasteiger partial charge in [-0.3, -0.25) is 4.79 Å². The summed E-state index contributed by atoms with van der Waals surface area (Å²) in [5, 5.41) is 2.97. The average molecular weight is 342 g/mol. The van der Waals surface area contributed by atoms with Gasteiger partial charge in [-0.05, 0) is 37.0 Å². The summed E-state index contributed by atoms with van der Waals surface area (Å²) in [7, 11) is 1.64. The number of primary amides is 1. The van der Waals surface area contributed by atoms with E-state index in [0.29, 0.717) is 12.0 Å². The minimum Gasteiger partial charge on any atom is -0.369 e. The highest BCUT2D eigenvalue weighted by Crippen LogP contribution is 2.24. The lowest BCUT2D eigenvalue weighted by Gasteiger charge is -2.29. The van der Waals surface area contributed by atoms with Gasteiger partial charge >= 0.3 is 6.03 Å². The monoisotopic (exact) mass is 341 g/mol. The number of urea groups is 1. The van der Waals surface area contributed by atoms with Crippen molar-refractivity contribution in [2.45, 2.75) is 38.3 Å². The normalized spacial score (nSPS) is 20.8. The largest absolute Gasteiger partial charge is 0.369 e. The number of nitrogens with two attached hydrogens (primary N) is 1. The van der Waals surface area contributed by atoms with Gasteiger partial charge < -0.3 is 16.0 Å². The van der Waals surface area contributed by atoms with E-state index in [1.165, 1.54) is 17.0 Å².